The van der Waals surface area contributed by atoms with Crippen molar-refractivity contribution in [1.82, 2.24) is 0 Å². The first-order chi connectivity index (χ1) is 12.6. The molecule has 0 saturated carbocycles. The number of phenols is 1. The monoisotopic (exact) mass is 352 g/mol. The lowest BCUT2D eigenvalue weighted by molar-refractivity contribution is -0.915. The third-order valence-corrected chi connectivity index (χ3v) is 5.28. The molecule has 134 valence electrons. The molecule has 2 N–H and O–H groups in total. The third kappa shape index (κ3) is 2.93. The lowest BCUT2D eigenvalue weighted by Crippen LogP contribution is -3.19. The predicted octanol–water partition coefficient (Wildman–Crippen LogP) is 0.429. The Balaban J connectivity index is 1.44. The van der Waals surface area contributed by atoms with E-state index < -0.39 is 0 Å². The predicted molar refractivity (Wildman–Crippen MR) is 98.4 cm³/mol. The van der Waals surface area contributed by atoms with Gasteiger partial charge in [-0.05, 0) is 24.3 Å². The molecule has 2 aliphatic rings. The zero-order valence-electron chi connectivity index (χ0n) is 14.5. The molecule has 0 bridgehead atoms. The van der Waals surface area contributed by atoms with Crippen LogP contribution in [-0.4, -0.2) is 49.1 Å². The molecular weight excluding hydrogens is 330 g/mol. The number of nitrogens with one attached hydrogen (secondary N) is 1. The minimum Gasteiger partial charge on any atom is -0.506 e. The standard InChI is InChI=1S/C20H21N3O3/c24-18-9-5-4-8-16(18)21-10-12-22(13-11-21)17-14-19(25)23(20(17)26)15-6-2-1-3-7-15/h1-9,17,24H,10-14H2/p+1/t17-/m1/s1. The molecule has 4 rings (SSSR count). The van der Waals surface area contributed by atoms with Crippen molar-refractivity contribution < 1.29 is 19.6 Å². The molecule has 2 aromatic rings. The van der Waals surface area contributed by atoms with Crippen LogP contribution in [0.25, 0.3) is 0 Å². The highest BCUT2D eigenvalue weighted by Gasteiger charge is 2.46. The second-order valence-electron chi connectivity index (χ2n) is 6.79. The van der Waals surface area contributed by atoms with E-state index in [1.54, 1.807) is 24.3 Å². The zero-order chi connectivity index (χ0) is 18.1. The molecular formula is C20H22N3O3+. The highest BCUT2D eigenvalue weighted by atomic mass is 16.3. The van der Waals surface area contributed by atoms with E-state index in [0.29, 0.717) is 5.69 Å². The second kappa shape index (κ2) is 6.80. The van der Waals surface area contributed by atoms with Gasteiger partial charge < -0.3 is 14.9 Å². The number of para-hydroxylation sites is 3. The van der Waals surface area contributed by atoms with Crippen LogP contribution in [0.1, 0.15) is 6.42 Å². The Hall–Kier alpha value is -2.86. The van der Waals surface area contributed by atoms with Gasteiger partial charge in [0.15, 0.2) is 6.04 Å². The van der Waals surface area contributed by atoms with E-state index in [1.807, 2.05) is 30.3 Å². The van der Waals surface area contributed by atoms with Gasteiger partial charge in [-0.15, -0.1) is 0 Å². The Labute approximate surface area is 152 Å². The number of piperazine rings is 1. The minimum atomic E-state index is -0.311. The normalized spacial score (nSPS) is 21.5. The lowest BCUT2D eigenvalue weighted by atomic mass is 10.1. The summed E-state index contributed by atoms with van der Waals surface area (Å²) in [6.45, 7) is 3.02. The number of hydrogen-bond acceptors (Lipinski definition) is 4. The van der Waals surface area contributed by atoms with Gasteiger partial charge in [0.05, 0.1) is 44.0 Å². The van der Waals surface area contributed by atoms with Crippen molar-refractivity contribution in [2.45, 2.75) is 12.5 Å². The van der Waals surface area contributed by atoms with Crippen molar-refractivity contribution in [2.24, 2.45) is 0 Å². The number of rotatable bonds is 3. The molecule has 2 aliphatic heterocycles. The van der Waals surface area contributed by atoms with Gasteiger partial charge in [0, 0.05) is 0 Å². The first-order valence-corrected chi connectivity index (χ1v) is 8.94. The number of imide groups is 1. The smallest absolute Gasteiger partial charge is 0.292 e. The summed E-state index contributed by atoms with van der Waals surface area (Å²) >= 11 is 0. The molecule has 0 aliphatic carbocycles. The van der Waals surface area contributed by atoms with E-state index in [9.17, 15) is 14.7 Å². The number of amides is 2. The van der Waals surface area contributed by atoms with E-state index in [0.717, 1.165) is 36.8 Å². The Bertz CT molecular complexity index is 816. The summed E-state index contributed by atoms with van der Waals surface area (Å²) in [7, 11) is 0. The Morgan fingerprint density at radius 1 is 0.923 bits per heavy atom. The summed E-state index contributed by atoms with van der Waals surface area (Å²) < 4.78 is 0. The molecule has 2 heterocycles. The number of carbonyl (C=O) groups excluding carboxylic acids is 2. The van der Waals surface area contributed by atoms with Crippen LogP contribution in [0.5, 0.6) is 5.75 Å². The number of aromatic hydroxyl groups is 1. The van der Waals surface area contributed by atoms with Crippen LogP contribution in [0, 0.1) is 0 Å². The van der Waals surface area contributed by atoms with Crippen molar-refractivity contribution in [1.29, 1.82) is 0 Å². The maximum atomic E-state index is 12.9. The van der Waals surface area contributed by atoms with E-state index in [2.05, 4.69) is 4.90 Å². The van der Waals surface area contributed by atoms with Gasteiger partial charge in [0.1, 0.15) is 5.75 Å². The quantitative estimate of drug-likeness (QED) is 0.787. The van der Waals surface area contributed by atoms with E-state index in [1.165, 1.54) is 4.90 Å². The Morgan fingerprint density at radius 3 is 2.27 bits per heavy atom. The number of anilines is 2. The van der Waals surface area contributed by atoms with Crippen LogP contribution in [0.2, 0.25) is 0 Å². The number of phenolic OH excluding ortho intramolecular Hbond substituents is 1. The van der Waals surface area contributed by atoms with Crippen LogP contribution in [0.3, 0.4) is 0 Å². The number of carbonyl (C=O) groups is 2. The number of nitrogens with zero attached hydrogens (tertiary/aromatic N) is 2. The highest BCUT2D eigenvalue weighted by molar-refractivity contribution is 6.21. The first kappa shape index (κ1) is 16.6. The lowest BCUT2D eigenvalue weighted by Gasteiger charge is -2.35. The van der Waals surface area contributed by atoms with Crippen LogP contribution >= 0.6 is 0 Å². The molecule has 6 nitrogen and oxygen atoms in total. The van der Waals surface area contributed by atoms with E-state index in [-0.39, 0.29) is 30.0 Å². The summed E-state index contributed by atoms with van der Waals surface area (Å²) in [5.74, 6) is 0.0485. The molecule has 0 radical (unpaired) electrons. The molecule has 0 unspecified atom stereocenters. The van der Waals surface area contributed by atoms with Crippen LogP contribution < -0.4 is 14.7 Å². The van der Waals surface area contributed by atoms with Gasteiger partial charge >= 0.3 is 0 Å². The largest absolute Gasteiger partial charge is 0.506 e. The molecule has 2 aromatic carbocycles. The van der Waals surface area contributed by atoms with E-state index >= 15 is 0 Å². The molecule has 2 saturated heterocycles. The van der Waals surface area contributed by atoms with Gasteiger partial charge in [-0.3, -0.25) is 9.59 Å². The maximum Gasteiger partial charge on any atom is 0.292 e. The van der Waals surface area contributed by atoms with Crippen LogP contribution in [0.4, 0.5) is 11.4 Å². The summed E-state index contributed by atoms with van der Waals surface area (Å²) in [4.78, 5) is 29.9. The van der Waals surface area contributed by atoms with E-state index in [4.69, 9.17) is 0 Å². The van der Waals surface area contributed by atoms with Crippen molar-refractivity contribution >= 4 is 23.2 Å². The van der Waals surface area contributed by atoms with Gasteiger partial charge in [0.2, 0.25) is 5.91 Å². The zero-order valence-corrected chi connectivity index (χ0v) is 14.5. The molecule has 0 aromatic heterocycles. The van der Waals surface area contributed by atoms with Gasteiger partial charge in [0.25, 0.3) is 5.91 Å². The topological polar surface area (TPSA) is 65.3 Å². The summed E-state index contributed by atoms with van der Waals surface area (Å²) in [5.41, 5.74) is 1.48. The van der Waals surface area contributed by atoms with Crippen molar-refractivity contribution in [3.05, 3.63) is 54.6 Å². The maximum absolute atomic E-state index is 12.9. The first-order valence-electron chi connectivity index (χ1n) is 8.94. The number of benzene rings is 2. The van der Waals surface area contributed by atoms with Crippen molar-refractivity contribution in [3.63, 3.8) is 0 Å². The van der Waals surface area contributed by atoms with Gasteiger partial charge in [-0.1, -0.05) is 30.3 Å². The SMILES string of the molecule is O=C1C[C@@H]([NH+]2CCN(c3ccccc3O)CC2)C(=O)N1c1ccccc1. The average molecular weight is 352 g/mol. The number of quaternary nitrogens is 1. The Kier molecular flexibility index (Phi) is 4.34. The number of hydrogen-bond donors (Lipinski definition) is 2. The molecule has 2 amide bonds. The fourth-order valence-electron chi connectivity index (χ4n) is 3.91. The van der Waals surface area contributed by atoms with Gasteiger partial charge in [-0.2, -0.15) is 0 Å². The van der Waals surface area contributed by atoms with Crippen molar-refractivity contribution in [2.75, 3.05) is 36.0 Å². The summed E-state index contributed by atoms with van der Waals surface area (Å²) in [6, 6.07) is 16.1. The third-order valence-electron chi connectivity index (χ3n) is 5.28. The van der Waals surface area contributed by atoms with Crippen LogP contribution in [-0.2, 0) is 9.59 Å². The summed E-state index contributed by atoms with van der Waals surface area (Å²) in [6.07, 6.45) is 0.264. The second-order valence-corrected chi connectivity index (χ2v) is 6.79. The fourth-order valence-corrected chi connectivity index (χ4v) is 3.91. The molecule has 1 atom stereocenters. The minimum absolute atomic E-state index is 0.104. The van der Waals surface area contributed by atoms with Crippen LogP contribution in [0.15, 0.2) is 54.6 Å². The summed E-state index contributed by atoms with van der Waals surface area (Å²) in [5, 5.41) is 10.0. The molecule has 2 fully saturated rings. The van der Waals surface area contributed by atoms with Crippen molar-refractivity contribution in [3.8, 4) is 5.75 Å². The highest BCUT2D eigenvalue weighted by Crippen LogP contribution is 2.26. The molecule has 26 heavy (non-hydrogen) atoms. The molecule has 0 spiro atoms. The Morgan fingerprint density at radius 2 is 1.58 bits per heavy atom. The average Bonchev–Trinajstić information content (AvgIpc) is 2.97. The fraction of sp³-hybridized carbons (Fsp3) is 0.300. The van der Waals surface area contributed by atoms with Gasteiger partial charge in [-0.25, -0.2) is 4.90 Å². The molecule has 6 heteroatoms.